The van der Waals surface area contributed by atoms with Crippen LogP contribution in [0.1, 0.15) is 12.8 Å². The summed E-state index contributed by atoms with van der Waals surface area (Å²) in [6.07, 6.45) is 2.30. The van der Waals surface area contributed by atoms with Gasteiger partial charge in [0.2, 0.25) is 0 Å². The van der Waals surface area contributed by atoms with Gasteiger partial charge in [0.15, 0.2) is 0 Å². The first-order chi connectivity index (χ1) is 5.31. The van der Waals surface area contributed by atoms with E-state index >= 15 is 0 Å². The Balaban J connectivity index is 2.41. The minimum Gasteiger partial charge on any atom is -0.315 e. The fraction of sp³-hybridized carbons (Fsp3) is 0.875. The standard InChI is InChI=1S/C8H18N3/c1-9-6-4-7(10-2)8(5-6)11-3/h7-11H,4-5H2,1-3H3. The molecule has 3 heteroatoms. The minimum atomic E-state index is 0.599. The van der Waals surface area contributed by atoms with E-state index < -0.39 is 0 Å². The van der Waals surface area contributed by atoms with E-state index in [0.717, 1.165) is 12.8 Å². The number of hydrogen-bond donors (Lipinski definition) is 3. The van der Waals surface area contributed by atoms with Gasteiger partial charge in [-0.25, -0.2) is 0 Å². The molecule has 3 nitrogen and oxygen atoms in total. The summed E-state index contributed by atoms with van der Waals surface area (Å²) in [4.78, 5) is 0. The topological polar surface area (TPSA) is 36.1 Å². The summed E-state index contributed by atoms with van der Waals surface area (Å²) in [5.41, 5.74) is 0. The molecular formula is C8H18N3. The van der Waals surface area contributed by atoms with Crippen molar-refractivity contribution in [3.8, 4) is 0 Å². The predicted octanol–water partition coefficient (Wildman–Crippen LogP) is -0.292. The Hall–Kier alpha value is -0.120. The van der Waals surface area contributed by atoms with E-state index in [1.165, 1.54) is 6.04 Å². The third kappa shape index (κ3) is 1.92. The Kier molecular flexibility index (Phi) is 3.30. The van der Waals surface area contributed by atoms with Crippen molar-refractivity contribution in [2.75, 3.05) is 21.1 Å². The lowest BCUT2D eigenvalue weighted by atomic mass is 10.2. The highest BCUT2D eigenvalue weighted by molar-refractivity contribution is 5.05. The maximum absolute atomic E-state index is 3.31. The summed E-state index contributed by atoms with van der Waals surface area (Å²) in [6, 6.07) is 2.65. The van der Waals surface area contributed by atoms with Crippen LogP contribution in [0.5, 0.6) is 0 Å². The zero-order chi connectivity index (χ0) is 8.27. The predicted molar refractivity (Wildman–Crippen MR) is 47.2 cm³/mol. The van der Waals surface area contributed by atoms with Crippen molar-refractivity contribution >= 4 is 0 Å². The summed E-state index contributed by atoms with van der Waals surface area (Å²) in [6.45, 7) is 0. The molecule has 1 aliphatic carbocycles. The Morgan fingerprint density at radius 2 is 1.45 bits per heavy atom. The number of likely N-dealkylation sites (N-methyl/N-ethyl adjacent to an activating group) is 2. The quantitative estimate of drug-likeness (QED) is 0.525. The number of nitrogens with one attached hydrogen (secondary N) is 3. The Morgan fingerprint density at radius 3 is 1.73 bits per heavy atom. The lowest BCUT2D eigenvalue weighted by Gasteiger charge is -2.16. The first-order valence-electron chi connectivity index (χ1n) is 4.18. The van der Waals surface area contributed by atoms with Crippen LogP contribution in [0.3, 0.4) is 0 Å². The van der Waals surface area contributed by atoms with Gasteiger partial charge >= 0.3 is 0 Å². The van der Waals surface area contributed by atoms with Gasteiger partial charge in [-0.1, -0.05) is 0 Å². The molecule has 0 heterocycles. The van der Waals surface area contributed by atoms with Gasteiger partial charge in [0.05, 0.1) is 0 Å². The fourth-order valence-electron chi connectivity index (χ4n) is 1.71. The van der Waals surface area contributed by atoms with Crippen LogP contribution in [0.15, 0.2) is 0 Å². The third-order valence-corrected chi connectivity index (χ3v) is 2.51. The van der Waals surface area contributed by atoms with Crippen molar-refractivity contribution in [3.05, 3.63) is 6.04 Å². The first kappa shape index (κ1) is 8.97. The van der Waals surface area contributed by atoms with Gasteiger partial charge in [0, 0.05) is 18.1 Å². The van der Waals surface area contributed by atoms with E-state index in [2.05, 4.69) is 16.0 Å². The molecule has 1 fully saturated rings. The molecule has 0 saturated heterocycles. The normalized spacial score (nSPS) is 33.0. The second-order valence-electron chi connectivity index (χ2n) is 3.05. The Bertz CT molecular complexity index is 104. The molecule has 1 saturated carbocycles. The summed E-state index contributed by atoms with van der Waals surface area (Å²) in [7, 11) is 6.04. The molecule has 1 radical (unpaired) electrons. The van der Waals surface area contributed by atoms with Gasteiger partial charge in [-0.05, 0) is 34.0 Å². The maximum atomic E-state index is 3.31. The van der Waals surface area contributed by atoms with Crippen molar-refractivity contribution in [3.63, 3.8) is 0 Å². The van der Waals surface area contributed by atoms with Crippen LogP contribution in [-0.2, 0) is 0 Å². The largest absolute Gasteiger partial charge is 0.315 e. The summed E-state index contributed by atoms with van der Waals surface area (Å²) in [5, 5.41) is 9.84. The van der Waals surface area contributed by atoms with E-state index in [4.69, 9.17) is 0 Å². The van der Waals surface area contributed by atoms with Crippen molar-refractivity contribution < 1.29 is 0 Å². The highest BCUT2D eigenvalue weighted by atomic mass is 15.0. The smallest absolute Gasteiger partial charge is 0.0393 e. The van der Waals surface area contributed by atoms with Gasteiger partial charge in [-0.2, -0.15) is 0 Å². The van der Waals surface area contributed by atoms with E-state index in [1.807, 2.05) is 21.1 Å². The van der Waals surface area contributed by atoms with Gasteiger partial charge < -0.3 is 16.0 Å². The van der Waals surface area contributed by atoms with Crippen LogP contribution in [0, 0.1) is 6.04 Å². The van der Waals surface area contributed by atoms with Gasteiger partial charge in [0.1, 0.15) is 0 Å². The van der Waals surface area contributed by atoms with Crippen LogP contribution >= 0.6 is 0 Å². The molecule has 1 aliphatic rings. The van der Waals surface area contributed by atoms with E-state index in [0.29, 0.717) is 12.1 Å². The summed E-state index contributed by atoms with van der Waals surface area (Å²) in [5.74, 6) is 0. The highest BCUT2D eigenvalue weighted by Crippen LogP contribution is 2.24. The molecule has 0 aromatic carbocycles. The molecule has 1 rings (SSSR count). The lowest BCUT2D eigenvalue weighted by molar-refractivity contribution is 0.460. The molecule has 0 aliphatic heterocycles. The number of hydrogen-bond acceptors (Lipinski definition) is 3. The fourth-order valence-corrected chi connectivity index (χ4v) is 1.71. The maximum Gasteiger partial charge on any atom is 0.0393 e. The van der Waals surface area contributed by atoms with Crippen LogP contribution in [-0.4, -0.2) is 33.2 Å². The highest BCUT2D eigenvalue weighted by Gasteiger charge is 2.31. The molecule has 2 atom stereocenters. The molecule has 2 unspecified atom stereocenters. The zero-order valence-electron chi connectivity index (χ0n) is 7.57. The van der Waals surface area contributed by atoms with Gasteiger partial charge in [-0.3, -0.25) is 0 Å². The molecule has 0 spiro atoms. The molecule has 0 bridgehead atoms. The minimum absolute atomic E-state index is 0.599. The third-order valence-electron chi connectivity index (χ3n) is 2.51. The summed E-state index contributed by atoms with van der Waals surface area (Å²) < 4.78 is 0. The Morgan fingerprint density at radius 1 is 1.00 bits per heavy atom. The van der Waals surface area contributed by atoms with Crippen LogP contribution in [0.2, 0.25) is 0 Å². The van der Waals surface area contributed by atoms with Crippen molar-refractivity contribution in [2.45, 2.75) is 24.9 Å². The molecule has 3 N–H and O–H groups in total. The lowest BCUT2D eigenvalue weighted by Crippen LogP contribution is -2.40. The first-order valence-corrected chi connectivity index (χ1v) is 4.18. The molecular weight excluding hydrogens is 138 g/mol. The Labute approximate surface area is 68.9 Å². The van der Waals surface area contributed by atoms with E-state index in [9.17, 15) is 0 Å². The van der Waals surface area contributed by atoms with Gasteiger partial charge in [-0.15, -0.1) is 0 Å². The van der Waals surface area contributed by atoms with Crippen molar-refractivity contribution in [1.29, 1.82) is 0 Å². The summed E-state index contributed by atoms with van der Waals surface area (Å²) >= 11 is 0. The molecule has 0 amide bonds. The average molecular weight is 156 g/mol. The van der Waals surface area contributed by atoms with E-state index in [1.54, 1.807) is 0 Å². The van der Waals surface area contributed by atoms with Gasteiger partial charge in [0.25, 0.3) is 0 Å². The van der Waals surface area contributed by atoms with Crippen molar-refractivity contribution in [1.82, 2.24) is 16.0 Å². The monoisotopic (exact) mass is 156 g/mol. The SMILES string of the molecule is CN[C]1CC(NC)C(NC)C1. The molecule has 0 aromatic heterocycles. The van der Waals surface area contributed by atoms with Crippen LogP contribution in [0.25, 0.3) is 0 Å². The molecule has 11 heavy (non-hydrogen) atoms. The molecule has 65 valence electrons. The van der Waals surface area contributed by atoms with Crippen molar-refractivity contribution in [2.24, 2.45) is 0 Å². The number of rotatable bonds is 3. The van der Waals surface area contributed by atoms with Crippen LogP contribution < -0.4 is 16.0 Å². The molecule has 0 aromatic rings. The average Bonchev–Trinajstić information content (AvgIpc) is 2.46. The zero-order valence-corrected chi connectivity index (χ0v) is 7.57. The second-order valence-corrected chi connectivity index (χ2v) is 3.05. The van der Waals surface area contributed by atoms with Crippen LogP contribution in [0.4, 0.5) is 0 Å². The second kappa shape index (κ2) is 4.04. The van der Waals surface area contributed by atoms with E-state index in [-0.39, 0.29) is 0 Å².